The van der Waals surface area contributed by atoms with Gasteiger partial charge in [0.2, 0.25) is 0 Å². The zero-order chi connectivity index (χ0) is 17.6. The molecule has 0 aliphatic carbocycles. The van der Waals surface area contributed by atoms with Gasteiger partial charge in [-0.05, 0) is 39.3 Å². The number of carbonyl (C=O) groups is 1. The standard InChI is InChI=1S/C18H20N6O/c1-11-4-6-19-17(21-11)14-5-7-23(10-14)18(25)15-9-16-20-12(2)8-13(3)24(16)22-15/h4,6,8-9,14H,5,7,10H2,1-3H3/t14-/m1/s1. The minimum absolute atomic E-state index is 0.0577. The summed E-state index contributed by atoms with van der Waals surface area (Å²) in [4.78, 5) is 28.0. The molecule has 1 aliphatic heterocycles. The molecule has 7 nitrogen and oxygen atoms in total. The fourth-order valence-corrected chi connectivity index (χ4v) is 3.37. The van der Waals surface area contributed by atoms with Gasteiger partial charge in [0.15, 0.2) is 11.3 Å². The number of likely N-dealkylation sites (tertiary alicyclic amines) is 1. The van der Waals surface area contributed by atoms with Gasteiger partial charge in [-0.3, -0.25) is 4.79 Å². The molecular weight excluding hydrogens is 316 g/mol. The van der Waals surface area contributed by atoms with Gasteiger partial charge in [-0.2, -0.15) is 5.10 Å². The van der Waals surface area contributed by atoms with Gasteiger partial charge < -0.3 is 4.90 Å². The van der Waals surface area contributed by atoms with Crippen LogP contribution >= 0.6 is 0 Å². The molecule has 0 unspecified atom stereocenters. The molecule has 0 bridgehead atoms. The summed E-state index contributed by atoms with van der Waals surface area (Å²) in [6.45, 7) is 7.18. The Labute approximate surface area is 145 Å². The van der Waals surface area contributed by atoms with Crippen molar-refractivity contribution < 1.29 is 4.79 Å². The number of hydrogen-bond acceptors (Lipinski definition) is 5. The number of aromatic nitrogens is 5. The summed E-state index contributed by atoms with van der Waals surface area (Å²) in [7, 11) is 0. The molecule has 0 spiro atoms. The predicted octanol–water partition coefficient (Wildman–Crippen LogP) is 2.07. The van der Waals surface area contributed by atoms with Crippen molar-refractivity contribution in [2.24, 2.45) is 0 Å². The van der Waals surface area contributed by atoms with Crippen molar-refractivity contribution in [3.63, 3.8) is 0 Å². The Morgan fingerprint density at radius 3 is 2.80 bits per heavy atom. The summed E-state index contributed by atoms with van der Waals surface area (Å²) < 4.78 is 1.72. The SMILES string of the molecule is Cc1ccnc([C@@H]2CCN(C(=O)c3cc4nc(C)cc(C)n4n3)C2)n1. The third kappa shape index (κ3) is 2.86. The van der Waals surface area contributed by atoms with E-state index >= 15 is 0 Å². The van der Waals surface area contributed by atoms with Gasteiger partial charge in [-0.15, -0.1) is 0 Å². The highest BCUT2D eigenvalue weighted by molar-refractivity contribution is 5.93. The van der Waals surface area contributed by atoms with Crippen LogP contribution in [0.5, 0.6) is 0 Å². The first kappa shape index (κ1) is 15.7. The molecule has 3 aromatic heterocycles. The summed E-state index contributed by atoms with van der Waals surface area (Å²) in [6.07, 6.45) is 2.65. The fraction of sp³-hybridized carbons (Fsp3) is 0.389. The van der Waals surface area contributed by atoms with Crippen molar-refractivity contribution in [2.45, 2.75) is 33.1 Å². The van der Waals surface area contributed by atoms with E-state index in [1.54, 1.807) is 16.8 Å². The Balaban J connectivity index is 1.57. The Morgan fingerprint density at radius 2 is 2.00 bits per heavy atom. The maximum Gasteiger partial charge on any atom is 0.274 e. The zero-order valence-corrected chi connectivity index (χ0v) is 14.6. The molecule has 1 atom stereocenters. The van der Waals surface area contributed by atoms with E-state index < -0.39 is 0 Å². The average molecular weight is 336 g/mol. The van der Waals surface area contributed by atoms with Crippen LogP contribution in [-0.2, 0) is 0 Å². The van der Waals surface area contributed by atoms with E-state index in [-0.39, 0.29) is 11.8 Å². The highest BCUT2D eigenvalue weighted by Gasteiger charge is 2.31. The van der Waals surface area contributed by atoms with Gasteiger partial charge in [0.25, 0.3) is 5.91 Å². The third-order valence-electron chi connectivity index (χ3n) is 4.61. The molecule has 1 saturated heterocycles. The first-order valence-electron chi connectivity index (χ1n) is 8.44. The molecule has 0 radical (unpaired) electrons. The zero-order valence-electron chi connectivity index (χ0n) is 14.6. The number of hydrogen-bond donors (Lipinski definition) is 0. The average Bonchev–Trinajstić information content (AvgIpc) is 3.21. The van der Waals surface area contributed by atoms with Gasteiger partial charge in [0.05, 0.1) is 0 Å². The summed E-state index contributed by atoms with van der Waals surface area (Å²) in [5.74, 6) is 0.944. The maximum atomic E-state index is 12.8. The lowest BCUT2D eigenvalue weighted by molar-refractivity contribution is 0.0784. The molecule has 7 heteroatoms. The quantitative estimate of drug-likeness (QED) is 0.716. The Hall–Kier alpha value is -2.83. The molecule has 1 fully saturated rings. The second-order valence-corrected chi connectivity index (χ2v) is 6.63. The number of amides is 1. The first-order chi connectivity index (χ1) is 12.0. The van der Waals surface area contributed by atoms with E-state index in [4.69, 9.17) is 0 Å². The largest absolute Gasteiger partial charge is 0.336 e. The summed E-state index contributed by atoms with van der Waals surface area (Å²) in [5.41, 5.74) is 3.98. The van der Waals surface area contributed by atoms with Crippen molar-refractivity contribution in [1.29, 1.82) is 0 Å². The van der Waals surface area contributed by atoms with Gasteiger partial charge in [0.1, 0.15) is 5.82 Å². The highest BCUT2D eigenvalue weighted by Crippen LogP contribution is 2.26. The van der Waals surface area contributed by atoms with Gasteiger partial charge >= 0.3 is 0 Å². The van der Waals surface area contributed by atoms with E-state index in [1.807, 2.05) is 37.8 Å². The minimum Gasteiger partial charge on any atom is -0.336 e. The van der Waals surface area contributed by atoms with Crippen LogP contribution in [0.15, 0.2) is 24.4 Å². The van der Waals surface area contributed by atoms with Crippen molar-refractivity contribution >= 4 is 11.6 Å². The fourth-order valence-electron chi connectivity index (χ4n) is 3.37. The number of aryl methyl sites for hydroxylation is 3. The van der Waals surface area contributed by atoms with Crippen LogP contribution in [0.25, 0.3) is 5.65 Å². The van der Waals surface area contributed by atoms with E-state index in [0.29, 0.717) is 24.4 Å². The molecule has 25 heavy (non-hydrogen) atoms. The topological polar surface area (TPSA) is 76.3 Å². The van der Waals surface area contributed by atoms with Crippen LogP contribution in [0.3, 0.4) is 0 Å². The van der Waals surface area contributed by atoms with Gasteiger partial charge in [0, 0.05) is 48.4 Å². The Kier molecular flexibility index (Phi) is 3.71. The Bertz CT molecular complexity index is 963. The molecular formula is C18H20N6O. The molecule has 1 amide bonds. The van der Waals surface area contributed by atoms with Crippen LogP contribution in [0.1, 0.15) is 45.7 Å². The van der Waals surface area contributed by atoms with Crippen molar-refractivity contribution in [3.8, 4) is 0 Å². The highest BCUT2D eigenvalue weighted by atomic mass is 16.2. The first-order valence-corrected chi connectivity index (χ1v) is 8.44. The van der Waals surface area contributed by atoms with Crippen molar-refractivity contribution in [1.82, 2.24) is 29.5 Å². The normalized spacial score (nSPS) is 17.4. The molecule has 0 aromatic carbocycles. The third-order valence-corrected chi connectivity index (χ3v) is 4.61. The van der Waals surface area contributed by atoms with Gasteiger partial charge in [-0.25, -0.2) is 19.5 Å². The van der Waals surface area contributed by atoms with Crippen LogP contribution in [0, 0.1) is 20.8 Å². The lowest BCUT2D eigenvalue weighted by atomic mass is 10.1. The van der Waals surface area contributed by atoms with E-state index in [9.17, 15) is 4.79 Å². The van der Waals surface area contributed by atoms with Crippen LogP contribution in [0.4, 0.5) is 0 Å². The minimum atomic E-state index is -0.0577. The van der Waals surface area contributed by atoms with Crippen LogP contribution in [0.2, 0.25) is 0 Å². The summed E-state index contributed by atoms with van der Waals surface area (Å²) in [6, 6.07) is 5.60. The lowest BCUT2D eigenvalue weighted by Gasteiger charge is -2.14. The van der Waals surface area contributed by atoms with E-state index in [0.717, 1.165) is 29.3 Å². The monoisotopic (exact) mass is 336 g/mol. The van der Waals surface area contributed by atoms with Crippen molar-refractivity contribution in [3.05, 3.63) is 53.0 Å². The molecule has 128 valence electrons. The predicted molar refractivity (Wildman–Crippen MR) is 92.5 cm³/mol. The molecule has 4 heterocycles. The second kappa shape index (κ2) is 5.91. The lowest BCUT2D eigenvalue weighted by Crippen LogP contribution is -2.29. The molecule has 1 aliphatic rings. The second-order valence-electron chi connectivity index (χ2n) is 6.63. The Morgan fingerprint density at radius 1 is 1.16 bits per heavy atom. The molecule has 0 N–H and O–H groups in total. The maximum absolute atomic E-state index is 12.8. The van der Waals surface area contributed by atoms with Gasteiger partial charge in [-0.1, -0.05) is 0 Å². The van der Waals surface area contributed by atoms with E-state index in [2.05, 4.69) is 20.1 Å². The number of rotatable bonds is 2. The molecule has 3 aromatic rings. The number of carbonyl (C=O) groups excluding carboxylic acids is 1. The van der Waals surface area contributed by atoms with Crippen LogP contribution in [-0.4, -0.2) is 48.5 Å². The summed E-state index contributed by atoms with van der Waals surface area (Å²) in [5, 5.41) is 4.44. The number of fused-ring (bicyclic) bond motifs is 1. The smallest absolute Gasteiger partial charge is 0.274 e. The van der Waals surface area contributed by atoms with Crippen molar-refractivity contribution in [2.75, 3.05) is 13.1 Å². The number of nitrogens with zero attached hydrogens (tertiary/aromatic N) is 6. The van der Waals surface area contributed by atoms with E-state index in [1.165, 1.54) is 0 Å². The molecule has 4 rings (SSSR count). The van der Waals surface area contributed by atoms with Crippen LogP contribution < -0.4 is 0 Å². The summed E-state index contributed by atoms with van der Waals surface area (Å²) >= 11 is 0. The molecule has 0 saturated carbocycles.